The summed E-state index contributed by atoms with van der Waals surface area (Å²) in [6.07, 6.45) is 3.87. The van der Waals surface area contributed by atoms with Crippen molar-refractivity contribution >= 4 is 23.3 Å². The second kappa shape index (κ2) is 6.50. The van der Waals surface area contributed by atoms with Gasteiger partial charge in [-0.3, -0.25) is 5.10 Å². The molecule has 1 aliphatic heterocycles. The number of thioether (sulfide) groups is 1. The molecule has 0 radical (unpaired) electrons. The zero-order valence-corrected chi connectivity index (χ0v) is 14.5. The van der Waals surface area contributed by atoms with Gasteiger partial charge >= 0.3 is 0 Å². The van der Waals surface area contributed by atoms with Gasteiger partial charge in [-0.2, -0.15) is 10.4 Å². The molecule has 4 nitrogen and oxygen atoms in total. The molecule has 1 unspecified atom stereocenters. The van der Waals surface area contributed by atoms with E-state index in [1.807, 2.05) is 48.7 Å². The fraction of sp³-hybridized carbons (Fsp3) is 0.100. The first kappa shape index (κ1) is 15.6. The molecule has 2 aromatic carbocycles. The smallest absolute Gasteiger partial charge is 0.130 e. The maximum absolute atomic E-state index is 10.00. The number of aromatic amines is 1. The summed E-state index contributed by atoms with van der Waals surface area (Å²) in [7, 11) is 0. The minimum atomic E-state index is -0.140. The van der Waals surface area contributed by atoms with E-state index in [4.69, 9.17) is 0 Å². The number of allylic oxidation sites excluding steroid dienone is 1. The molecule has 0 fully saturated rings. The number of hydrogen-bond donors (Lipinski definition) is 2. The Bertz CT molecular complexity index is 982. The Balaban J connectivity index is 1.98. The van der Waals surface area contributed by atoms with Crippen LogP contribution in [0.1, 0.15) is 22.6 Å². The van der Waals surface area contributed by atoms with Gasteiger partial charge in [-0.05, 0) is 23.4 Å². The van der Waals surface area contributed by atoms with E-state index in [1.165, 1.54) is 4.90 Å². The summed E-state index contributed by atoms with van der Waals surface area (Å²) in [5.41, 5.74) is 4.66. The zero-order chi connectivity index (χ0) is 17.2. The lowest BCUT2D eigenvalue weighted by Crippen LogP contribution is -2.17. The SMILES string of the molecule is CSc1ccccc1C1C(C#N)=C(c2ccccc2)Nc2[nH]ncc21. The number of nitrogens with one attached hydrogen (secondary N) is 2. The monoisotopic (exact) mass is 344 g/mol. The predicted molar refractivity (Wildman–Crippen MR) is 101 cm³/mol. The van der Waals surface area contributed by atoms with E-state index < -0.39 is 0 Å². The van der Waals surface area contributed by atoms with Crippen LogP contribution in [0.2, 0.25) is 0 Å². The van der Waals surface area contributed by atoms with Crippen LogP contribution >= 0.6 is 11.8 Å². The first-order valence-electron chi connectivity index (χ1n) is 7.96. The van der Waals surface area contributed by atoms with Crippen LogP contribution in [0.3, 0.4) is 0 Å². The van der Waals surface area contributed by atoms with Gasteiger partial charge in [0, 0.05) is 10.5 Å². The summed E-state index contributed by atoms with van der Waals surface area (Å²) in [6.45, 7) is 0. The first-order chi connectivity index (χ1) is 12.3. The molecule has 1 aromatic heterocycles. The third kappa shape index (κ3) is 2.61. The first-order valence-corrected chi connectivity index (χ1v) is 9.19. The molecule has 122 valence electrons. The number of aromatic nitrogens is 2. The Morgan fingerprint density at radius 1 is 1.04 bits per heavy atom. The van der Waals surface area contributed by atoms with Gasteiger partial charge < -0.3 is 5.32 Å². The Morgan fingerprint density at radius 2 is 1.80 bits per heavy atom. The Morgan fingerprint density at radius 3 is 2.56 bits per heavy atom. The Hall–Kier alpha value is -2.97. The van der Waals surface area contributed by atoms with Gasteiger partial charge in [-0.25, -0.2) is 0 Å². The van der Waals surface area contributed by atoms with Gasteiger partial charge in [0.1, 0.15) is 5.82 Å². The van der Waals surface area contributed by atoms with Crippen LogP contribution in [0.15, 0.2) is 71.3 Å². The van der Waals surface area contributed by atoms with Crippen molar-refractivity contribution in [2.45, 2.75) is 10.8 Å². The molecule has 0 spiro atoms. The summed E-state index contributed by atoms with van der Waals surface area (Å²) in [6, 6.07) is 20.6. The van der Waals surface area contributed by atoms with Gasteiger partial charge in [0.2, 0.25) is 0 Å². The lowest BCUT2D eigenvalue weighted by atomic mass is 9.82. The summed E-state index contributed by atoms with van der Waals surface area (Å²) in [5, 5.41) is 20.6. The second-order valence-corrected chi connectivity index (χ2v) is 6.61. The van der Waals surface area contributed by atoms with E-state index >= 15 is 0 Å². The highest BCUT2D eigenvalue weighted by molar-refractivity contribution is 7.98. The number of anilines is 1. The molecular weight excluding hydrogens is 328 g/mol. The lowest BCUT2D eigenvalue weighted by molar-refractivity contribution is 0.941. The quantitative estimate of drug-likeness (QED) is 0.680. The van der Waals surface area contributed by atoms with Gasteiger partial charge in [0.15, 0.2) is 0 Å². The summed E-state index contributed by atoms with van der Waals surface area (Å²) in [4.78, 5) is 1.17. The number of rotatable bonds is 3. The predicted octanol–water partition coefficient (Wildman–Crippen LogP) is 4.62. The van der Waals surface area contributed by atoms with E-state index in [0.717, 1.165) is 28.2 Å². The average molecular weight is 344 g/mol. The Labute approximate surface area is 150 Å². The fourth-order valence-electron chi connectivity index (χ4n) is 3.29. The number of nitriles is 1. The molecule has 0 aliphatic carbocycles. The van der Waals surface area contributed by atoms with Crippen LogP contribution in [-0.2, 0) is 0 Å². The normalized spacial score (nSPS) is 16.1. The van der Waals surface area contributed by atoms with E-state index in [9.17, 15) is 5.26 Å². The van der Waals surface area contributed by atoms with Crippen molar-refractivity contribution in [3.8, 4) is 6.07 Å². The highest BCUT2D eigenvalue weighted by Gasteiger charge is 2.32. The molecule has 1 aliphatic rings. The van der Waals surface area contributed by atoms with E-state index in [0.29, 0.717) is 5.57 Å². The van der Waals surface area contributed by atoms with Crippen molar-refractivity contribution < 1.29 is 0 Å². The summed E-state index contributed by atoms with van der Waals surface area (Å²) in [5.74, 6) is 0.706. The van der Waals surface area contributed by atoms with Gasteiger partial charge in [0.05, 0.1) is 29.5 Å². The van der Waals surface area contributed by atoms with Gasteiger partial charge in [-0.15, -0.1) is 11.8 Å². The number of nitrogens with zero attached hydrogens (tertiary/aromatic N) is 2. The number of benzene rings is 2. The van der Waals surface area contributed by atoms with Crippen LogP contribution in [-0.4, -0.2) is 16.5 Å². The number of H-pyrrole nitrogens is 1. The highest BCUT2D eigenvalue weighted by Crippen LogP contribution is 2.45. The van der Waals surface area contributed by atoms with Crippen molar-refractivity contribution in [2.75, 3.05) is 11.6 Å². The standard InChI is InChI=1S/C20H16N4S/c1-25-17-10-6-5-9-14(17)18-15(11-21)19(13-7-3-2-4-8-13)23-20-16(18)12-22-24-20/h2-10,12,18H,1H3,(H2,22,23,24). The lowest BCUT2D eigenvalue weighted by Gasteiger charge is -2.27. The van der Waals surface area contributed by atoms with Crippen molar-refractivity contribution in [3.63, 3.8) is 0 Å². The minimum absolute atomic E-state index is 0.140. The molecule has 1 atom stereocenters. The number of hydrogen-bond acceptors (Lipinski definition) is 4. The average Bonchev–Trinajstić information content (AvgIpc) is 3.15. The second-order valence-electron chi connectivity index (χ2n) is 5.77. The van der Waals surface area contributed by atoms with Crippen LogP contribution < -0.4 is 5.32 Å². The molecule has 2 heterocycles. The van der Waals surface area contributed by atoms with Crippen molar-refractivity contribution in [1.29, 1.82) is 5.26 Å². The maximum atomic E-state index is 10.00. The van der Waals surface area contributed by atoms with Crippen LogP contribution in [0.5, 0.6) is 0 Å². The highest BCUT2D eigenvalue weighted by atomic mass is 32.2. The van der Waals surface area contributed by atoms with E-state index in [2.05, 4.69) is 40.0 Å². The molecular formula is C20H16N4S. The molecule has 3 aromatic rings. The molecule has 0 bridgehead atoms. The third-order valence-corrected chi connectivity index (χ3v) is 5.23. The van der Waals surface area contributed by atoms with Crippen LogP contribution in [0.25, 0.3) is 5.70 Å². The third-order valence-electron chi connectivity index (χ3n) is 4.42. The van der Waals surface area contributed by atoms with Gasteiger partial charge in [-0.1, -0.05) is 48.5 Å². The fourth-order valence-corrected chi connectivity index (χ4v) is 3.92. The molecule has 0 saturated heterocycles. The molecule has 0 saturated carbocycles. The molecule has 25 heavy (non-hydrogen) atoms. The largest absolute Gasteiger partial charge is 0.339 e. The molecule has 2 N–H and O–H groups in total. The Kier molecular flexibility index (Phi) is 4.04. The van der Waals surface area contributed by atoms with E-state index in [-0.39, 0.29) is 5.92 Å². The van der Waals surface area contributed by atoms with Crippen molar-refractivity contribution in [1.82, 2.24) is 10.2 Å². The van der Waals surface area contributed by atoms with Gasteiger partial charge in [0.25, 0.3) is 0 Å². The minimum Gasteiger partial charge on any atom is -0.339 e. The van der Waals surface area contributed by atoms with E-state index in [1.54, 1.807) is 11.8 Å². The summed E-state index contributed by atoms with van der Waals surface area (Å²) < 4.78 is 0. The molecule has 5 heteroatoms. The molecule has 4 rings (SSSR count). The number of fused-ring (bicyclic) bond motifs is 1. The molecule has 0 amide bonds. The zero-order valence-electron chi connectivity index (χ0n) is 13.7. The maximum Gasteiger partial charge on any atom is 0.130 e. The summed E-state index contributed by atoms with van der Waals surface area (Å²) >= 11 is 1.69. The van der Waals surface area contributed by atoms with Crippen LogP contribution in [0, 0.1) is 11.3 Å². The van der Waals surface area contributed by atoms with Crippen molar-refractivity contribution in [2.24, 2.45) is 0 Å². The topological polar surface area (TPSA) is 64.5 Å². The van der Waals surface area contributed by atoms with Crippen molar-refractivity contribution in [3.05, 3.63) is 83.1 Å². The van der Waals surface area contributed by atoms with Crippen LogP contribution in [0.4, 0.5) is 5.82 Å².